The lowest BCUT2D eigenvalue weighted by atomic mass is 9.99. The van der Waals surface area contributed by atoms with Crippen LogP contribution in [-0.4, -0.2) is 15.1 Å². The molecule has 1 spiro atoms. The third-order valence-electron chi connectivity index (χ3n) is 3.38. The average Bonchev–Trinajstić information content (AvgIpc) is 2.74. The minimum atomic E-state index is -0.0544. The molecule has 3 rings (SSSR count). The molecule has 0 radical (unpaired) electrons. The Hall–Kier alpha value is -1.03. The lowest BCUT2D eigenvalue weighted by Crippen LogP contribution is -2.33. The number of hydrogen-bond donors (Lipinski definition) is 1. The van der Waals surface area contributed by atoms with Crippen LogP contribution in [0.5, 0.6) is 0 Å². The summed E-state index contributed by atoms with van der Waals surface area (Å²) >= 11 is 5.76. The molecule has 0 aromatic carbocycles. The number of aromatic nitrogens is 2. The predicted molar refractivity (Wildman–Crippen MR) is 58.3 cm³/mol. The van der Waals surface area contributed by atoms with E-state index in [0.29, 0.717) is 5.95 Å². The van der Waals surface area contributed by atoms with Crippen molar-refractivity contribution in [1.29, 1.82) is 0 Å². The second-order valence-corrected chi connectivity index (χ2v) is 4.83. The molecule has 1 N–H and O–H groups in total. The number of halogens is 1. The van der Waals surface area contributed by atoms with Crippen molar-refractivity contribution in [2.45, 2.75) is 37.8 Å². The zero-order valence-electron chi connectivity index (χ0n) is 8.29. The second kappa shape index (κ2) is 2.98. The lowest BCUT2D eigenvalue weighted by Gasteiger charge is -2.21. The molecule has 2 aliphatic rings. The molecule has 1 saturated carbocycles. The van der Waals surface area contributed by atoms with E-state index < -0.39 is 0 Å². The van der Waals surface area contributed by atoms with Gasteiger partial charge in [0.15, 0.2) is 0 Å². The first-order valence-electron chi connectivity index (χ1n) is 5.24. The van der Waals surface area contributed by atoms with Crippen molar-refractivity contribution in [2.75, 3.05) is 5.32 Å². The molecule has 0 saturated heterocycles. The molecular weight excluding hydrogens is 214 g/mol. The highest BCUT2D eigenvalue weighted by atomic mass is 35.5. The molecule has 2 heterocycles. The van der Waals surface area contributed by atoms with E-state index in [9.17, 15) is 4.79 Å². The highest BCUT2D eigenvalue weighted by Crippen LogP contribution is 2.37. The van der Waals surface area contributed by atoms with Crippen LogP contribution < -0.4 is 10.9 Å². The fourth-order valence-electron chi connectivity index (χ4n) is 2.64. The molecule has 5 heteroatoms. The molecule has 15 heavy (non-hydrogen) atoms. The van der Waals surface area contributed by atoms with Gasteiger partial charge in [0.05, 0.1) is 12.1 Å². The largest absolute Gasteiger partial charge is 0.348 e. The van der Waals surface area contributed by atoms with E-state index in [1.54, 1.807) is 4.57 Å². The molecule has 1 aromatic rings. The van der Waals surface area contributed by atoms with Crippen molar-refractivity contribution < 1.29 is 0 Å². The van der Waals surface area contributed by atoms with Crippen molar-refractivity contribution >= 4 is 17.5 Å². The number of anilines is 1. The van der Waals surface area contributed by atoms with Crippen LogP contribution in [0.4, 0.5) is 5.95 Å². The Balaban J connectivity index is 2.06. The van der Waals surface area contributed by atoms with Gasteiger partial charge in [-0.15, -0.1) is 0 Å². The van der Waals surface area contributed by atoms with E-state index in [2.05, 4.69) is 10.3 Å². The summed E-state index contributed by atoms with van der Waals surface area (Å²) in [4.78, 5) is 15.8. The highest BCUT2D eigenvalue weighted by Gasteiger charge is 2.40. The van der Waals surface area contributed by atoms with Crippen molar-refractivity contribution in [3.63, 3.8) is 0 Å². The van der Waals surface area contributed by atoms with Gasteiger partial charge < -0.3 is 5.32 Å². The zero-order valence-corrected chi connectivity index (χ0v) is 9.05. The summed E-state index contributed by atoms with van der Waals surface area (Å²) in [6, 6.07) is 1.38. The summed E-state index contributed by atoms with van der Waals surface area (Å²) in [7, 11) is 0. The average molecular weight is 226 g/mol. The van der Waals surface area contributed by atoms with E-state index >= 15 is 0 Å². The molecule has 1 aliphatic heterocycles. The summed E-state index contributed by atoms with van der Waals surface area (Å²) < 4.78 is 1.69. The number of nitrogens with zero attached hydrogens (tertiary/aromatic N) is 2. The maximum atomic E-state index is 11.7. The number of fused-ring (bicyclic) bond motifs is 1. The maximum Gasteiger partial charge on any atom is 0.256 e. The van der Waals surface area contributed by atoms with Gasteiger partial charge in [0.25, 0.3) is 5.56 Å². The number of hydrogen-bond acceptors (Lipinski definition) is 3. The van der Waals surface area contributed by atoms with Crippen LogP contribution in [0.25, 0.3) is 0 Å². The van der Waals surface area contributed by atoms with E-state index in [0.717, 1.165) is 19.4 Å². The van der Waals surface area contributed by atoms with Gasteiger partial charge in [-0.25, -0.2) is 4.98 Å². The molecule has 80 valence electrons. The van der Waals surface area contributed by atoms with Gasteiger partial charge in [-0.3, -0.25) is 9.36 Å². The Morgan fingerprint density at radius 3 is 2.93 bits per heavy atom. The molecule has 0 amide bonds. The fraction of sp³-hybridized carbons (Fsp3) is 0.600. The minimum Gasteiger partial charge on any atom is -0.348 e. The summed E-state index contributed by atoms with van der Waals surface area (Å²) in [6.07, 6.45) is 4.69. The normalized spacial score (nSPS) is 21.7. The van der Waals surface area contributed by atoms with Gasteiger partial charge in [-0.2, -0.15) is 0 Å². The molecule has 1 aromatic heterocycles. The van der Waals surface area contributed by atoms with Crippen LogP contribution >= 0.6 is 11.6 Å². The lowest BCUT2D eigenvalue weighted by molar-refractivity contribution is 0.447. The third-order valence-corrected chi connectivity index (χ3v) is 3.57. The van der Waals surface area contributed by atoms with Crippen molar-refractivity contribution in [3.05, 3.63) is 21.6 Å². The molecule has 1 fully saturated rings. The molecule has 0 atom stereocenters. The van der Waals surface area contributed by atoms with E-state index in [-0.39, 0.29) is 16.3 Å². The highest BCUT2D eigenvalue weighted by molar-refractivity contribution is 6.29. The Labute approximate surface area is 92.3 Å². The topological polar surface area (TPSA) is 46.9 Å². The van der Waals surface area contributed by atoms with Crippen molar-refractivity contribution in [3.8, 4) is 0 Å². The Morgan fingerprint density at radius 1 is 1.47 bits per heavy atom. The first-order chi connectivity index (χ1) is 7.19. The van der Waals surface area contributed by atoms with Crippen LogP contribution in [0.3, 0.4) is 0 Å². The molecule has 0 unspecified atom stereocenters. The van der Waals surface area contributed by atoms with Crippen LogP contribution in [-0.2, 0) is 6.54 Å². The van der Waals surface area contributed by atoms with Crippen LogP contribution in [0.1, 0.15) is 25.7 Å². The Bertz CT molecular complexity index is 462. The monoisotopic (exact) mass is 225 g/mol. The standard InChI is InChI=1S/C10H12ClN3O/c11-7-5-8(15)14-6-10(3-1-2-4-10)13-9(14)12-7/h5H,1-4,6H2,(H,12,13). The summed E-state index contributed by atoms with van der Waals surface area (Å²) in [6.45, 7) is 0.741. The summed E-state index contributed by atoms with van der Waals surface area (Å²) in [5.41, 5.74) is 0.0189. The third kappa shape index (κ3) is 1.35. The second-order valence-electron chi connectivity index (χ2n) is 4.44. The fourth-order valence-corrected chi connectivity index (χ4v) is 2.81. The molecule has 4 nitrogen and oxygen atoms in total. The Morgan fingerprint density at radius 2 is 2.20 bits per heavy atom. The number of nitrogens with one attached hydrogen (secondary N) is 1. The van der Waals surface area contributed by atoms with Gasteiger partial charge in [0.2, 0.25) is 5.95 Å². The Kier molecular flexibility index (Phi) is 1.83. The summed E-state index contributed by atoms with van der Waals surface area (Å²) in [5.74, 6) is 0.634. The molecule has 1 aliphatic carbocycles. The van der Waals surface area contributed by atoms with Gasteiger partial charge in [-0.05, 0) is 12.8 Å². The van der Waals surface area contributed by atoms with Gasteiger partial charge in [-0.1, -0.05) is 24.4 Å². The van der Waals surface area contributed by atoms with E-state index in [1.807, 2.05) is 0 Å². The quantitative estimate of drug-likeness (QED) is 0.683. The zero-order chi connectivity index (χ0) is 10.5. The molecule has 0 bridgehead atoms. The predicted octanol–water partition coefficient (Wildman–Crippen LogP) is 1.64. The molecular formula is C10H12ClN3O. The van der Waals surface area contributed by atoms with Gasteiger partial charge in [0, 0.05) is 6.07 Å². The first kappa shape index (κ1) is 9.21. The summed E-state index contributed by atoms with van der Waals surface area (Å²) in [5, 5.41) is 3.63. The van der Waals surface area contributed by atoms with Crippen molar-refractivity contribution in [1.82, 2.24) is 9.55 Å². The number of rotatable bonds is 0. The van der Waals surface area contributed by atoms with Crippen LogP contribution in [0.2, 0.25) is 5.15 Å². The maximum absolute atomic E-state index is 11.7. The first-order valence-corrected chi connectivity index (χ1v) is 5.62. The van der Waals surface area contributed by atoms with Crippen molar-refractivity contribution in [2.24, 2.45) is 0 Å². The van der Waals surface area contributed by atoms with Crippen LogP contribution in [0, 0.1) is 0 Å². The van der Waals surface area contributed by atoms with Crippen LogP contribution in [0.15, 0.2) is 10.9 Å². The van der Waals surface area contributed by atoms with Gasteiger partial charge in [0.1, 0.15) is 5.15 Å². The minimum absolute atomic E-state index is 0.0544. The smallest absolute Gasteiger partial charge is 0.256 e. The van der Waals surface area contributed by atoms with E-state index in [4.69, 9.17) is 11.6 Å². The van der Waals surface area contributed by atoms with Gasteiger partial charge >= 0.3 is 0 Å². The SMILES string of the molecule is O=c1cc(Cl)nc2n1CC1(CCCC1)N2. The van der Waals surface area contributed by atoms with E-state index in [1.165, 1.54) is 18.9 Å².